The summed E-state index contributed by atoms with van der Waals surface area (Å²) >= 11 is 6.33. The molecule has 1 aromatic rings. The average Bonchev–Trinajstić information content (AvgIpc) is 2.39. The van der Waals surface area contributed by atoms with Gasteiger partial charge in [0.1, 0.15) is 5.82 Å². The summed E-state index contributed by atoms with van der Waals surface area (Å²) in [6.07, 6.45) is 4.95. The van der Waals surface area contributed by atoms with Crippen LogP contribution in [0.4, 0.5) is 4.39 Å². The molecule has 0 radical (unpaired) electrons. The molecule has 0 heterocycles. The highest BCUT2D eigenvalue weighted by atomic mass is 35.5. The van der Waals surface area contributed by atoms with E-state index >= 15 is 0 Å². The number of benzene rings is 1. The highest BCUT2D eigenvalue weighted by Crippen LogP contribution is 2.47. The molecule has 3 heteroatoms. The molecule has 2 rings (SSSR count). The van der Waals surface area contributed by atoms with Crippen molar-refractivity contribution in [1.82, 2.24) is 5.32 Å². The van der Waals surface area contributed by atoms with Crippen LogP contribution in [-0.2, 0) is 0 Å². The Morgan fingerprint density at radius 3 is 2.80 bits per heavy atom. The fraction of sp³-hybridized carbons (Fsp3) is 0.647. The van der Waals surface area contributed by atoms with Crippen LogP contribution in [0.5, 0.6) is 0 Å². The van der Waals surface area contributed by atoms with Gasteiger partial charge in [0.2, 0.25) is 0 Å². The molecule has 0 bridgehead atoms. The molecule has 1 nitrogen and oxygen atoms in total. The fourth-order valence-corrected chi connectivity index (χ4v) is 3.82. The molecule has 1 aliphatic carbocycles. The Morgan fingerprint density at radius 1 is 1.40 bits per heavy atom. The van der Waals surface area contributed by atoms with Gasteiger partial charge in [0.15, 0.2) is 0 Å². The van der Waals surface area contributed by atoms with E-state index in [1.54, 1.807) is 12.1 Å². The van der Waals surface area contributed by atoms with E-state index in [4.69, 9.17) is 11.6 Å². The van der Waals surface area contributed by atoms with Crippen LogP contribution < -0.4 is 5.32 Å². The molecule has 1 N–H and O–H groups in total. The van der Waals surface area contributed by atoms with Crippen LogP contribution in [-0.4, -0.2) is 6.54 Å². The normalized spacial score (nSPS) is 23.6. The second kappa shape index (κ2) is 6.44. The molecule has 2 unspecified atom stereocenters. The second-order valence-electron chi connectivity index (χ2n) is 6.54. The average molecular weight is 298 g/mol. The molecule has 0 saturated heterocycles. The number of nitrogens with one attached hydrogen (secondary N) is 1. The van der Waals surface area contributed by atoms with Gasteiger partial charge in [-0.1, -0.05) is 45.2 Å². The van der Waals surface area contributed by atoms with Gasteiger partial charge in [0, 0.05) is 11.1 Å². The topological polar surface area (TPSA) is 12.0 Å². The van der Waals surface area contributed by atoms with Gasteiger partial charge in [0.05, 0.1) is 0 Å². The summed E-state index contributed by atoms with van der Waals surface area (Å²) in [6, 6.07) is 4.84. The Morgan fingerprint density at radius 2 is 2.15 bits per heavy atom. The van der Waals surface area contributed by atoms with E-state index in [0.717, 1.165) is 12.1 Å². The van der Waals surface area contributed by atoms with Crippen LogP contribution in [0.3, 0.4) is 0 Å². The lowest BCUT2D eigenvalue weighted by molar-refractivity contribution is 0.0987. The quantitative estimate of drug-likeness (QED) is 0.790. The predicted octanol–water partition coefficient (Wildman–Crippen LogP) is 5.35. The molecule has 0 amide bonds. The largest absolute Gasteiger partial charge is 0.310 e. The van der Waals surface area contributed by atoms with Crippen molar-refractivity contribution in [2.75, 3.05) is 6.54 Å². The van der Waals surface area contributed by atoms with E-state index in [0.29, 0.717) is 10.9 Å². The van der Waals surface area contributed by atoms with E-state index < -0.39 is 0 Å². The van der Waals surface area contributed by atoms with Crippen LogP contribution in [0, 0.1) is 17.2 Å². The first-order valence-electron chi connectivity index (χ1n) is 7.64. The van der Waals surface area contributed by atoms with Gasteiger partial charge in [0.25, 0.3) is 0 Å². The van der Waals surface area contributed by atoms with Crippen LogP contribution in [0.1, 0.15) is 58.1 Å². The number of rotatable bonds is 4. The molecule has 0 spiro atoms. The molecular weight excluding hydrogens is 273 g/mol. The van der Waals surface area contributed by atoms with E-state index in [1.165, 1.54) is 31.7 Å². The summed E-state index contributed by atoms with van der Waals surface area (Å²) in [4.78, 5) is 0. The molecule has 1 aromatic carbocycles. The van der Waals surface area contributed by atoms with Crippen molar-refractivity contribution in [2.45, 2.75) is 52.5 Å². The van der Waals surface area contributed by atoms with Crippen molar-refractivity contribution in [1.29, 1.82) is 0 Å². The van der Waals surface area contributed by atoms with Gasteiger partial charge in [-0.15, -0.1) is 0 Å². The van der Waals surface area contributed by atoms with Crippen molar-refractivity contribution in [3.63, 3.8) is 0 Å². The zero-order valence-electron chi connectivity index (χ0n) is 12.7. The standard InChI is InChI=1S/C17H25ClFN/c1-4-20-16(13-11-12(19)8-9-15(13)18)14-7-5-6-10-17(14,2)3/h8-9,11,14,16,20H,4-7,10H2,1-3H3. The zero-order valence-corrected chi connectivity index (χ0v) is 13.4. The maximum absolute atomic E-state index is 13.6. The molecule has 1 saturated carbocycles. The SMILES string of the molecule is CCNC(c1cc(F)ccc1Cl)C1CCCCC1(C)C. The van der Waals surface area contributed by atoms with Gasteiger partial charge < -0.3 is 5.32 Å². The van der Waals surface area contributed by atoms with E-state index in [1.807, 2.05) is 0 Å². The van der Waals surface area contributed by atoms with Gasteiger partial charge in [-0.25, -0.2) is 4.39 Å². The number of hydrogen-bond donors (Lipinski definition) is 1. The summed E-state index contributed by atoms with van der Waals surface area (Å²) in [6.45, 7) is 7.61. The highest BCUT2D eigenvalue weighted by Gasteiger charge is 2.38. The summed E-state index contributed by atoms with van der Waals surface area (Å²) in [5, 5.41) is 4.21. The van der Waals surface area contributed by atoms with E-state index in [2.05, 4.69) is 26.1 Å². The maximum Gasteiger partial charge on any atom is 0.123 e. The third-order valence-electron chi connectivity index (χ3n) is 4.71. The van der Waals surface area contributed by atoms with Crippen molar-refractivity contribution in [2.24, 2.45) is 11.3 Å². The second-order valence-corrected chi connectivity index (χ2v) is 6.95. The molecule has 1 fully saturated rings. The van der Waals surface area contributed by atoms with Crippen molar-refractivity contribution < 1.29 is 4.39 Å². The molecule has 2 atom stereocenters. The Balaban J connectivity index is 2.37. The lowest BCUT2D eigenvalue weighted by Gasteiger charge is -2.44. The van der Waals surface area contributed by atoms with Crippen molar-refractivity contribution >= 4 is 11.6 Å². The smallest absolute Gasteiger partial charge is 0.123 e. The van der Waals surface area contributed by atoms with Gasteiger partial charge in [-0.05, 0) is 54.5 Å². The zero-order chi connectivity index (χ0) is 14.8. The van der Waals surface area contributed by atoms with Crippen molar-refractivity contribution in [3.8, 4) is 0 Å². The Bertz CT molecular complexity index is 458. The molecule has 1 aliphatic rings. The lowest BCUT2D eigenvalue weighted by atomic mass is 9.64. The van der Waals surface area contributed by atoms with Gasteiger partial charge >= 0.3 is 0 Å². The molecule has 20 heavy (non-hydrogen) atoms. The molecule has 0 aromatic heterocycles. The monoisotopic (exact) mass is 297 g/mol. The first kappa shape index (κ1) is 15.8. The summed E-state index contributed by atoms with van der Waals surface area (Å²) in [5.74, 6) is 0.288. The summed E-state index contributed by atoms with van der Waals surface area (Å²) < 4.78 is 13.6. The van der Waals surface area contributed by atoms with E-state index in [-0.39, 0.29) is 17.3 Å². The molecular formula is C17H25ClFN. The van der Waals surface area contributed by atoms with Crippen LogP contribution in [0.25, 0.3) is 0 Å². The Labute approximate surface area is 126 Å². The Hall–Kier alpha value is -0.600. The third kappa shape index (κ3) is 3.35. The first-order valence-corrected chi connectivity index (χ1v) is 8.02. The minimum Gasteiger partial charge on any atom is -0.310 e. The van der Waals surface area contributed by atoms with Crippen LogP contribution in [0.2, 0.25) is 5.02 Å². The third-order valence-corrected chi connectivity index (χ3v) is 5.05. The first-order chi connectivity index (χ1) is 9.45. The Kier molecular flexibility index (Phi) is 5.09. The van der Waals surface area contributed by atoms with Gasteiger partial charge in [-0.2, -0.15) is 0 Å². The number of halogens is 2. The maximum atomic E-state index is 13.6. The van der Waals surface area contributed by atoms with Crippen LogP contribution >= 0.6 is 11.6 Å². The molecule has 112 valence electrons. The molecule has 0 aliphatic heterocycles. The minimum atomic E-state index is -0.207. The van der Waals surface area contributed by atoms with Crippen LogP contribution in [0.15, 0.2) is 18.2 Å². The highest BCUT2D eigenvalue weighted by molar-refractivity contribution is 6.31. The fourth-order valence-electron chi connectivity index (χ4n) is 3.58. The minimum absolute atomic E-state index is 0.137. The van der Waals surface area contributed by atoms with Crippen molar-refractivity contribution in [3.05, 3.63) is 34.6 Å². The lowest BCUT2D eigenvalue weighted by Crippen LogP contribution is -2.39. The number of hydrogen-bond acceptors (Lipinski definition) is 1. The van der Waals surface area contributed by atoms with E-state index in [9.17, 15) is 4.39 Å². The summed E-state index contributed by atoms with van der Waals surface area (Å²) in [7, 11) is 0. The van der Waals surface area contributed by atoms with Gasteiger partial charge in [-0.3, -0.25) is 0 Å². The summed E-state index contributed by atoms with van der Waals surface area (Å²) in [5.41, 5.74) is 1.18. The predicted molar refractivity (Wildman–Crippen MR) is 83.6 cm³/mol.